The Hall–Kier alpha value is -3.47. The number of amides is 1. The van der Waals surface area contributed by atoms with Gasteiger partial charge in [0.2, 0.25) is 5.16 Å². The number of hydrogen-bond donors (Lipinski definition) is 1. The maximum absolute atomic E-state index is 14.0. The summed E-state index contributed by atoms with van der Waals surface area (Å²) in [6.45, 7) is -0.0902. The minimum absolute atomic E-state index is 0.0369. The predicted molar refractivity (Wildman–Crippen MR) is 133 cm³/mol. The van der Waals surface area contributed by atoms with Crippen molar-refractivity contribution in [3.63, 3.8) is 0 Å². The second kappa shape index (κ2) is 11.8. The summed E-state index contributed by atoms with van der Waals surface area (Å²) in [4.78, 5) is 12.3. The Morgan fingerprint density at radius 3 is 2.77 bits per heavy atom. The van der Waals surface area contributed by atoms with Gasteiger partial charge >= 0.3 is 0 Å². The number of nitrogens with one attached hydrogen (secondary N) is 1. The molecular formula is C23H17Cl2FN6O2S. The summed E-state index contributed by atoms with van der Waals surface area (Å²) in [5, 5.41) is 16.7. The highest BCUT2D eigenvalue weighted by Gasteiger charge is 2.12. The number of hydrazone groups is 1. The lowest BCUT2D eigenvalue weighted by molar-refractivity contribution is -0.118. The third kappa shape index (κ3) is 6.56. The number of carbonyl (C=O) groups excluding carboxylic acids is 1. The van der Waals surface area contributed by atoms with Crippen molar-refractivity contribution >= 4 is 47.1 Å². The van der Waals surface area contributed by atoms with Gasteiger partial charge in [-0.05, 0) is 52.9 Å². The number of hydrogen-bond acceptors (Lipinski definition) is 7. The topological polar surface area (TPSA) is 94.3 Å². The van der Waals surface area contributed by atoms with Crippen LogP contribution in [0.5, 0.6) is 5.75 Å². The van der Waals surface area contributed by atoms with Crippen LogP contribution in [0.4, 0.5) is 4.39 Å². The molecule has 0 fully saturated rings. The van der Waals surface area contributed by atoms with Crippen LogP contribution in [0.1, 0.15) is 11.1 Å². The summed E-state index contributed by atoms with van der Waals surface area (Å²) >= 11 is 13.3. The van der Waals surface area contributed by atoms with Crippen LogP contribution in [0.15, 0.2) is 77.0 Å². The lowest BCUT2D eigenvalue weighted by Gasteiger charge is -2.11. The van der Waals surface area contributed by atoms with E-state index in [1.165, 1.54) is 18.3 Å². The minimum Gasteiger partial charge on any atom is -0.488 e. The number of aromatic nitrogens is 4. The molecule has 0 saturated heterocycles. The zero-order valence-corrected chi connectivity index (χ0v) is 20.3. The average molecular weight is 531 g/mol. The van der Waals surface area contributed by atoms with Crippen LogP contribution in [0.3, 0.4) is 0 Å². The fraction of sp³-hybridized carbons (Fsp3) is 0.0870. The van der Waals surface area contributed by atoms with Gasteiger partial charge in [0.25, 0.3) is 5.91 Å². The Morgan fingerprint density at radius 2 is 1.97 bits per heavy atom. The van der Waals surface area contributed by atoms with Gasteiger partial charge in [0.05, 0.1) is 22.7 Å². The van der Waals surface area contributed by atoms with Crippen LogP contribution in [0.2, 0.25) is 10.0 Å². The Balaban J connectivity index is 1.36. The first-order chi connectivity index (χ1) is 17.0. The first kappa shape index (κ1) is 24.6. The van der Waals surface area contributed by atoms with E-state index in [4.69, 9.17) is 27.9 Å². The first-order valence-corrected chi connectivity index (χ1v) is 11.9. The van der Waals surface area contributed by atoms with Crippen LogP contribution in [0, 0.1) is 5.82 Å². The van der Waals surface area contributed by atoms with Gasteiger partial charge in [-0.1, -0.05) is 59.2 Å². The number of benzene rings is 3. The summed E-state index contributed by atoms with van der Waals surface area (Å²) in [7, 11) is 0. The van der Waals surface area contributed by atoms with E-state index >= 15 is 0 Å². The first-order valence-electron chi connectivity index (χ1n) is 10.1. The van der Waals surface area contributed by atoms with Gasteiger partial charge in [-0.25, -0.2) is 9.82 Å². The molecule has 0 aliphatic carbocycles. The van der Waals surface area contributed by atoms with Gasteiger partial charge in [-0.15, -0.1) is 5.10 Å². The van der Waals surface area contributed by atoms with E-state index in [0.717, 1.165) is 17.4 Å². The number of para-hydroxylation sites is 1. The Labute approximate surface area is 214 Å². The van der Waals surface area contributed by atoms with Gasteiger partial charge in [0.15, 0.2) is 0 Å². The second-order valence-corrected chi connectivity index (χ2v) is 8.75. The monoisotopic (exact) mass is 530 g/mol. The molecule has 0 spiro atoms. The molecule has 8 nitrogen and oxygen atoms in total. The molecule has 0 saturated carbocycles. The predicted octanol–water partition coefficient (Wildman–Crippen LogP) is 4.93. The molecule has 4 rings (SSSR count). The molecular weight excluding hydrogens is 514 g/mol. The summed E-state index contributed by atoms with van der Waals surface area (Å²) in [6.07, 6.45) is 1.39. The third-order valence-electron chi connectivity index (χ3n) is 4.57. The molecule has 1 heterocycles. The lowest BCUT2D eigenvalue weighted by Crippen LogP contribution is -2.20. The van der Waals surface area contributed by atoms with Crippen molar-refractivity contribution in [2.75, 3.05) is 5.75 Å². The molecule has 0 unspecified atom stereocenters. The average Bonchev–Trinajstić information content (AvgIpc) is 3.33. The van der Waals surface area contributed by atoms with Gasteiger partial charge in [0.1, 0.15) is 18.2 Å². The zero-order valence-electron chi connectivity index (χ0n) is 17.9. The number of thioether (sulfide) groups is 1. The highest BCUT2D eigenvalue weighted by atomic mass is 35.5. The summed E-state index contributed by atoms with van der Waals surface area (Å²) in [5.41, 5.74) is 3.95. The second-order valence-electron chi connectivity index (χ2n) is 6.96. The van der Waals surface area contributed by atoms with E-state index in [9.17, 15) is 9.18 Å². The molecule has 178 valence electrons. The van der Waals surface area contributed by atoms with E-state index in [-0.39, 0.29) is 28.9 Å². The fourth-order valence-electron chi connectivity index (χ4n) is 2.91. The quantitative estimate of drug-likeness (QED) is 0.187. The highest BCUT2D eigenvalue weighted by Crippen LogP contribution is 2.25. The largest absolute Gasteiger partial charge is 0.488 e. The van der Waals surface area contributed by atoms with E-state index in [0.29, 0.717) is 21.5 Å². The van der Waals surface area contributed by atoms with Crippen LogP contribution in [-0.2, 0) is 11.4 Å². The van der Waals surface area contributed by atoms with Crippen LogP contribution in [-0.4, -0.2) is 38.1 Å². The SMILES string of the molecule is O=C(CSc1nnnn1-c1ccccc1)N/N=C\c1cc(Cl)ccc1OCc1c(F)cccc1Cl. The van der Waals surface area contributed by atoms with E-state index in [1.54, 1.807) is 28.9 Å². The highest BCUT2D eigenvalue weighted by molar-refractivity contribution is 7.99. The molecule has 0 atom stereocenters. The number of rotatable bonds is 9. The normalized spacial score (nSPS) is 11.1. The van der Waals surface area contributed by atoms with Crippen molar-refractivity contribution in [1.82, 2.24) is 25.6 Å². The summed E-state index contributed by atoms with van der Waals surface area (Å²) in [6, 6.07) is 18.6. The molecule has 1 aromatic heterocycles. The van der Waals surface area contributed by atoms with Crippen molar-refractivity contribution in [3.05, 3.63) is 93.7 Å². The van der Waals surface area contributed by atoms with E-state index in [2.05, 4.69) is 26.1 Å². The Kier molecular flexibility index (Phi) is 8.30. The number of halogens is 3. The molecule has 0 bridgehead atoms. The summed E-state index contributed by atoms with van der Waals surface area (Å²) in [5.74, 6) is -0.403. The van der Waals surface area contributed by atoms with Gasteiger partial charge < -0.3 is 4.74 Å². The maximum atomic E-state index is 14.0. The molecule has 35 heavy (non-hydrogen) atoms. The van der Waals surface area contributed by atoms with Gasteiger partial charge in [0, 0.05) is 16.1 Å². The maximum Gasteiger partial charge on any atom is 0.250 e. The summed E-state index contributed by atoms with van der Waals surface area (Å²) < 4.78 is 21.3. The fourth-order valence-corrected chi connectivity index (χ4v) is 3.99. The van der Waals surface area contributed by atoms with Crippen LogP contribution in [0.25, 0.3) is 5.69 Å². The number of nitrogens with zero attached hydrogens (tertiary/aromatic N) is 5. The number of carbonyl (C=O) groups is 1. The smallest absolute Gasteiger partial charge is 0.250 e. The van der Waals surface area contributed by atoms with Crippen LogP contribution < -0.4 is 10.2 Å². The zero-order chi connectivity index (χ0) is 24.6. The Morgan fingerprint density at radius 1 is 1.14 bits per heavy atom. The Bertz CT molecular complexity index is 1330. The van der Waals surface area contributed by atoms with Crippen LogP contribution >= 0.6 is 35.0 Å². The van der Waals surface area contributed by atoms with Crippen molar-refractivity contribution in [1.29, 1.82) is 0 Å². The molecule has 4 aromatic rings. The lowest BCUT2D eigenvalue weighted by atomic mass is 10.2. The third-order valence-corrected chi connectivity index (χ3v) is 6.08. The number of ether oxygens (including phenoxy) is 1. The molecule has 3 aromatic carbocycles. The molecule has 1 N–H and O–H groups in total. The number of tetrazole rings is 1. The van der Waals surface area contributed by atoms with Crippen molar-refractivity contribution in [2.45, 2.75) is 11.8 Å². The molecule has 12 heteroatoms. The molecule has 0 radical (unpaired) electrons. The molecule has 1 amide bonds. The van der Waals surface area contributed by atoms with Gasteiger partial charge in [-0.3, -0.25) is 4.79 Å². The molecule has 0 aliphatic rings. The van der Waals surface area contributed by atoms with Crippen molar-refractivity contribution in [2.24, 2.45) is 5.10 Å². The van der Waals surface area contributed by atoms with E-state index in [1.807, 2.05) is 30.3 Å². The molecule has 0 aliphatic heterocycles. The standard InChI is InChI=1S/C23H17Cl2FN6O2S/c24-16-9-10-21(34-13-18-19(25)7-4-8-20(18)26)15(11-16)12-27-28-22(33)14-35-23-29-30-31-32(23)17-5-2-1-3-6-17/h1-12H,13-14H2,(H,28,33)/b27-12-. The van der Waals surface area contributed by atoms with Crippen molar-refractivity contribution in [3.8, 4) is 11.4 Å². The van der Waals surface area contributed by atoms with Crippen molar-refractivity contribution < 1.29 is 13.9 Å². The van der Waals surface area contributed by atoms with Gasteiger partial charge in [-0.2, -0.15) is 9.78 Å². The minimum atomic E-state index is -0.468. The van der Waals surface area contributed by atoms with E-state index < -0.39 is 5.82 Å².